The Labute approximate surface area is 408 Å². The van der Waals surface area contributed by atoms with Crippen molar-refractivity contribution in [1.82, 2.24) is 30.2 Å². The SMILES string of the molecule is C=CC(=O)N1CC[C@H]([C](=O)[In]([CH]2COC2)[C@H](C(=O)N[C@H]2Cc3cccc(c3)-c3ccc4c(c3)c(c(-c3cccnc3[C@H](C)OC)n4CC)CC(C)(C)COC(=O)[C@@H]3CCCN(N3)C2=O)C(C)C)C1. The summed E-state index contributed by atoms with van der Waals surface area (Å²) < 4.78 is 19.6. The summed E-state index contributed by atoms with van der Waals surface area (Å²) >= 11 is -3.58. The number of ether oxygens (including phenoxy) is 3. The Morgan fingerprint density at radius 3 is 2.53 bits per heavy atom. The van der Waals surface area contributed by atoms with E-state index in [-0.39, 0.29) is 55.9 Å². The number of pyridine rings is 1. The van der Waals surface area contributed by atoms with Gasteiger partial charge in [0.05, 0.1) is 17.5 Å². The van der Waals surface area contributed by atoms with Crippen molar-refractivity contribution in [3.05, 3.63) is 90.3 Å². The first-order chi connectivity index (χ1) is 32.6. The normalized spacial score (nSPS) is 22.0. The maximum absolute atomic E-state index is 15.0. The number of amides is 3. The Morgan fingerprint density at radius 1 is 1.04 bits per heavy atom. The van der Waals surface area contributed by atoms with Crippen molar-refractivity contribution in [2.75, 3.05) is 46.6 Å². The molecule has 4 aromatic rings. The van der Waals surface area contributed by atoms with Gasteiger partial charge in [-0.3, -0.25) is 4.98 Å². The third-order valence-electron chi connectivity index (χ3n) is 14.6. The molecule has 2 aromatic carbocycles. The molecule has 8 rings (SSSR count). The Morgan fingerprint density at radius 2 is 1.82 bits per heavy atom. The first-order valence-corrected chi connectivity index (χ1v) is 29.9. The summed E-state index contributed by atoms with van der Waals surface area (Å²) in [4.78, 5) is 77.6. The average Bonchev–Trinajstić information content (AvgIpc) is 3.94. The fourth-order valence-corrected chi connectivity index (χ4v) is 22.8. The molecule has 5 atom stereocenters. The average molecular weight is 1030 g/mol. The summed E-state index contributed by atoms with van der Waals surface area (Å²) in [6.07, 6.45) is 5.20. The van der Waals surface area contributed by atoms with E-state index in [9.17, 15) is 24.0 Å². The summed E-state index contributed by atoms with van der Waals surface area (Å²) in [5.74, 6) is -1.79. The third kappa shape index (κ3) is 10.2. The van der Waals surface area contributed by atoms with E-state index in [4.69, 9.17) is 19.2 Å². The molecule has 6 heterocycles. The molecule has 68 heavy (non-hydrogen) atoms. The Balaban J connectivity index is 1.19. The number of rotatable bonds is 12. The number of carbonyl (C=O) groups is 5. The van der Waals surface area contributed by atoms with Crippen LogP contribution in [-0.4, -0.2) is 127 Å². The molecular formula is C53H67InN6O8. The van der Waals surface area contributed by atoms with Crippen LogP contribution in [0.2, 0.25) is 7.35 Å². The number of esters is 1. The fraction of sp³-hybridized carbons (Fsp3) is 0.509. The van der Waals surface area contributed by atoms with E-state index in [0.717, 1.165) is 50.1 Å². The van der Waals surface area contributed by atoms with Gasteiger partial charge < -0.3 is 9.30 Å². The van der Waals surface area contributed by atoms with Crippen molar-refractivity contribution < 1.29 is 38.2 Å². The van der Waals surface area contributed by atoms with Gasteiger partial charge in [-0.25, -0.2) is 0 Å². The van der Waals surface area contributed by atoms with E-state index >= 15 is 0 Å². The van der Waals surface area contributed by atoms with Crippen LogP contribution in [0, 0.1) is 17.3 Å². The van der Waals surface area contributed by atoms with Crippen molar-refractivity contribution in [1.29, 1.82) is 0 Å². The second kappa shape index (κ2) is 21.0. The number of likely N-dealkylation sites (tertiary alicyclic amines) is 1. The van der Waals surface area contributed by atoms with Gasteiger partial charge in [-0.2, -0.15) is 0 Å². The Bertz CT molecular complexity index is 2570. The summed E-state index contributed by atoms with van der Waals surface area (Å²) in [5, 5.41) is 5.78. The van der Waals surface area contributed by atoms with Crippen LogP contribution in [0.3, 0.4) is 0 Å². The van der Waals surface area contributed by atoms with Gasteiger partial charge in [0.15, 0.2) is 0 Å². The summed E-state index contributed by atoms with van der Waals surface area (Å²) in [6.45, 7) is 18.9. The van der Waals surface area contributed by atoms with Crippen molar-refractivity contribution in [3.63, 3.8) is 0 Å². The standard InChI is InChI=1S/C42H52N5O5.C8H10NO2.C3H5O.In/c1-8-46-36-17-16-30-23-32(36)33(39(46)31-14-10-18-43-38(31)27(4)51-7)24-42(5,6)25-52-41(50)34-15-11-19-47(45-34)40(49)35(44-37(48)20-26(2)3)22-28-12-9-13-29(30)21-28;1-2-8(11)9-4-3-7(5-9)6-10;1-2-4-3-1;/h9-10,12-14,16-18,20-21,23,26-27,34-35,45H,8,11,15,19,22,24-25H2,1-7H3,(H,44,48);2,7H,1,3-5H2;1H,2-3H2;/t27-,34-,35-;7-;;/m00../s1. The molecule has 360 valence electrons. The molecule has 3 saturated heterocycles. The zero-order valence-corrected chi connectivity index (χ0v) is 44.0. The van der Waals surface area contributed by atoms with Gasteiger partial charge in [0, 0.05) is 25.4 Å². The van der Waals surface area contributed by atoms with Crippen LogP contribution in [0.5, 0.6) is 0 Å². The number of nitrogens with zero attached hydrogens (tertiary/aromatic N) is 4. The van der Waals surface area contributed by atoms with Gasteiger partial charge in [-0.05, 0) is 32.4 Å². The molecule has 15 heteroatoms. The number of benzene rings is 2. The first kappa shape index (κ1) is 49.6. The minimum atomic E-state index is -3.58. The van der Waals surface area contributed by atoms with Gasteiger partial charge in [0.2, 0.25) is 0 Å². The molecule has 0 aliphatic carbocycles. The molecule has 2 aromatic heterocycles. The van der Waals surface area contributed by atoms with Crippen molar-refractivity contribution in [2.24, 2.45) is 17.3 Å². The van der Waals surface area contributed by atoms with Gasteiger partial charge in [0.1, 0.15) is 0 Å². The molecule has 3 fully saturated rings. The van der Waals surface area contributed by atoms with E-state index in [0.29, 0.717) is 65.1 Å². The number of aryl methyl sites for hydroxylation is 1. The van der Waals surface area contributed by atoms with Gasteiger partial charge in [-0.15, -0.1) is 0 Å². The first-order valence-electron chi connectivity index (χ1n) is 24.4. The van der Waals surface area contributed by atoms with E-state index in [2.05, 4.69) is 79.1 Å². The van der Waals surface area contributed by atoms with E-state index in [1.165, 1.54) is 11.1 Å². The van der Waals surface area contributed by atoms with E-state index in [1.54, 1.807) is 18.2 Å². The maximum atomic E-state index is 15.0. The second-order valence-electron chi connectivity index (χ2n) is 20.3. The number of nitrogens with one attached hydrogen (secondary N) is 2. The number of carbonyl (C=O) groups excluding carboxylic acids is 5. The zero-order chi connectivity index (χ0) is 48.4. The Kier molecular flexibility index (Phi) is 15.3. The number of fused-ring (bicyclic) bond motifs is 6. The summed E-state index contributed by atoms with van der Waals surface area (Å²) in [5.41, 5.74) is 10.6. The molecule has 0 radical (unpaired) electrons. The van der Waals surface area contributed by atoms with Gasteiger partial charge in [-0.1, -0.05) is 13.8 Å². The van der Waals surface area contributed by atoms with E-state index < -0.39 is 48.6 Å². The molecule has 0 spiro atoms. The van der Waals surface area contributed by atoms with Crippen LogP contribution in [-0.2, 0) is 57.6 Å². The number of hydrogen-bond donors (Lipinski definition) is 2. The number of hydrogen-bond acceptors (Lipinski definition) is 10. The van der Waals surface area contributed by atoms with Crippen molar-refractivity contribution in [3.8, 4) is 22.4 Å². The van der Waals surface area contributed by atoms with Crippen LogP contribution in [0.15, 0.2) is 73.4 Å². The van der Waals surface area contributed by atoms with Gasteiger partial charge >= 0.3 is 307 Å². The predicted octanol–water partition coefficient (Wildman–Crippen LogP) is 6.81. The van der Waals surface area contributed by atoms with Crippen LogP contribution < -0.4 is 10.7 Å². The molecule has 0 saturated carbocycles. The predicted molar refractivity (Wildman–Crippen MR) is 262 cm³/mol. The van der Waals surface area contributed by atoms with Crippen molar-refractivity contribution in [2.45, 2.75) is 106 Å². The molecule has 4 aliphatic rings. The number of cyclic esters (lactones) is 1. The molecule has 6 bridgehead atoms. The summed E-state index contributed by atoms with van der Waals surface area (Å²) in [7, 11) is 1.69. The fourth-order valence-electron chi connectivity index (χ4n) is 10.9. The monoisotopic (exact) mass is 1030 g/mol. The van der Waals surface area contributed by atoms with E-state index in [1.807, 2.05) is 39.0 Å². The quantitative estimate of drug-likeness (QED) is 0.114. The molecule has 0 unspecified atom stereocenters. The molecule has 14 nitrogen and oxygen atoms in total. The topological polar surface area (TPSA) is 161 Å². The Hall–Kier alpha value is -4.83. The molecule has 2 N–H and O–H groups in total. The number of aromatic nitrogens is 2. The van der Waals surface area contributed by atoms with Crippen LogP contribution >= 0.6 is 0 Å². The van der Waals surface area contributed by atoms with Gasteiger partial charge in [0.25, 0.3) is 0 Å². The molecular weight excluding hydrogens is 963 g/mol. The van der Waals surface area contributed by atoms with Crippen LogP contribution in [0.4, 0.5) is 0 Å². The number of hydrazine groups is 1. The number of methoxy groups -OCH3 is 1. The third-order valence-corrected chi connectivity index (χ3v) is 27.1. The second-order valence-corrected chi connectivity index (χ2v) is 29.7. The van der Waals surface area contributed by atoms with Crippen molar-refractivity contribution >= 4 is 59.6 Å². The molecule has 4 aliphatic heterocycles. The zero-order valence-electron chi connectivity index (χ0n) is 40.7. The minimum absolute atomic E-state index is 0.0354. The summed E-state index contributed by atoms with van der Waals surface area (Å²) in [6, 6.07) is 17.0. The molecule has 3 amide bonds. The van der Waals surface area contributed by atoms with Crippen LogP contribution in [0.1, 0.15) is 83.7 Å². The van der Waals surface area contributed by atoms with Crippen LogP contribution in [0.25, 0.3) is 33.3 Å².